The Morgan fingerprint density at radius 3 is 2.82 bits per heavy atom. The van der Waals surface area contributed by atoms with Gasteiger partial charge in [0.1, 0.15) is 6.61 Å². The molecule has 0 aliphatic carbocycles. The lowest BCUT2D eigenvalue weighted by molar-refractivity contribution is -0.142. The van der Waals surface area contributed by atoms with Crippen LogP contribution in [-0.4, -0.2) is 49.7 Å². The second-order valence-corrected chi connectivity index (χ2v) is 5.36. The van der Waals surface area contributed by atoms with Gasteiger partial charge in [-0.1, -0.05) is 30.3 Å². The molecular weight excluding hydrogens is 284 g/mol. The summed E-state index contributed by atoms with van der Waals surface area (Å²) in [5.74, 6) is -0.257. The van der Waals surface area contributed by atoms with Crippen molar-refractivity contribution in [1.29, 1.82) is 0 Å². The highest BCUT2D eigenvalue weighted by molar-refractivity contribution is 5.71. The molecule has 0 bridgehead atoms. The van der Waals surface area contributed by atoms with Crippen LogP contribution in [0, 0.1) is 0 Å². The van der Waals surface area contributed by atoms with Crippen LogP contribution in [0.2, 0.25) is 0 Å². The minimum atomic E-state index is -0.422. The van der Waals surface area contributed by atoms with Gasteiger partial charge in [0.05, 0.1) is 13.7 Å². The van der Waals surface area contributed by atoms with Crippen molar-refractivity contribution in [3.05, 3.63) is 35.9 Å². The molecule has 1 aliphatic heterocycles. The minimum absolute atomic E-state index is 0.00156. The van der Waals surface area contributed by atoms with Crippen LogP contribution >= 0.6 is 0 Å². The van der Waals surface area contributed by atoms with Gasteiger partial charge in [0.15, 0.2) is 0 Å². The number of likely N-dealkylation sites (tertiary alicyclic amines) is 1. The highest BCUT2D eigenvalue weighted by Gasteiger charge is 2.23. The predicted molar refractivity (Wildman–Crippen MR) is 81.2 cm³/mol. The Labute approximate surface area is 130 Å². The van der Waals surface area contributed by atoms with E-state index in [0.29, 0.717) is 6.54 Å². The number of esters is 1. The number of hydrogen-bond acceptors (Lipinski definition) is 5. The molecule has 1 fully saturated rings. The van der Waals surface area contributed by atoms with E-state index in [1.165, 1.54) is 7.11 Å². The molecule has 0 aromatic heterocycles. The molecular formula is C16H22N2O4. The van der Waals surface area contributed by atoms with Gasteiger partial charge >= 0.3 is 12.1 Å². The minimum Gasteiger partial charge on any atom is -0.468 e. The monoisotopic (exact) mass is 306 g/mol. The van der Waals surface area contributed by atoms with Crippen LogP contribution in [0.3, 0.4) is 0 Å². The molecule has 1 heterocycles. The highest BCUT2D eigenvalue weighted by Crippen LogP contribution is 2.10. The second kappa shape index (κ2) is 8.38. The van der Waals surface area contributed by atoms with Crippen molar-refractivity contribution >= 4 is 12.1 Å². The Bertz CT molecular complexity index is 492. The van der Waals surface area contributed by atoms with Crippen LogP contribution in [0.15, 0.2) is 30.3 Å². The third kappa shape index (κ3) is 5.37. The van der Waals surface area contributed by atoms with Gasteiger partial charge in [0.25, 0.3) is 0 Å². The normalized spacial score (nSPS) is 18.5. The molecule has 0 spiro atoms. The van der Waals surface area contributed by atoms with Crippen molar-refractivity contribution in [3.63, 3.8) is 0 Å². The van der Waals surface area contributed by atoms with Crippen molar-refractivity contribution < 1.29 is 19.1 Å². The summed E-state index contributed by atoms with van der Waals surface area (Å²) in [7, 11) is 1.38. The van der Waals surface area contributed by atoms with Gasteiger partial charge in [-0.3, -0.25) is 9.69 Å². The summed E-state index contributed by atoms with van der Waals surface area (Å²) < 4.78 is 9.87. The quantitative estimate of drug-likeness (QED) is 0.836. The zero-order chi connectivity index (χ0) is 15.8. The lowest BCUT2D eigenvalue weighted by atomic mass is 10.1. The van der Waals surface area contributed by atoms with Gasteiger partial charge in [-0.2, -0.15) is 0 Å². The van der Waals surface area contributed by atoms with Crippen LogP contribution in [0.25, 0.3) is 0 Å². The summed E-state index contributed by atoms with van der Waals surface area (Å²) in [6.07, 6.45) is 1.40. The zero-order valence-electron chi connectivity index (χ0n) is 12.8. The number of methoxy groups -OCH3 is 1. The predicted octanol–water partition coefficient (Wildman–Crippen LogP) is 1.55. The largest absolute Gasteiger partial charge is 0.468 e. The van der Waals surface area contributed by atoms with E-state index in [4.69, 9.17) is 4.74 Å². The summed E-state index contributed by atoms with van der Waals surface area (Å²) in [6, 6.07) is 9.55. The Kier molecular flexibility index (Phi) is 6.21. The molecule has 22 heavy (non-hydrogen) atoms. The van der Waals surface area contributed by atoms with E-state index in [1.54, 1.807) is 0 Å². The van der Waals surface area contributed by atoms with Crippen LogP contribution in [0.5, 0.6) is 0 Å². The molecule has 1 N–H and O–H groups in total. The Hall–Kier alpha value is -2.08. The number of nitrogens with zero attached hydrogens (tertiary/aromatic N) is 1. The summed E-state index contributed by atoms with van der Waals surface area (Å²) >= 11 is 0. The number of ether oxygens (including phenoxy) is 2. The van der Waals surface area contributed by atoms with Gasteiger partial charge in [-0.25, -0.2) is 4.79 Å². The van der Waals surface area contributed by atoms with Gasteiger partial charge < -0.3 is 14.8 Å². The van der Waals surface area contributed by atoms with E-state index in [2.05, 4.69) is 10.1 Å². The first-order valence-electron chi connectivity index (χ1n) is 7.44. The van der Waals surface area contributed by atoms with Crippen LogP contribution in [-0.2, 0) is 20.9 Å². The van der Waals surface area contributed by atoms with Crippen molar-refractivity contribution in [3.8, 4) is 0 Å². The number of rotatable bonds is 5. The number of alkyl carbamates (subject to hydrolysis) is 1. The first kappa shape index (κ1) is 16.3. The lowest BCUT2D eigenvalue weighted by Gasteiger charge is -2.31. The Morgan fingerprint density at radius 2 is 2.09 bits per heavy atom. The molecule has 0 radical (unpaired) electrons. The number of carbonyl (C=O) groups is 2. The lowest BCUT2D eigenvalue weighted by Crippen LogP contribution is -2.49. The average Bonchev–Trinajstić information content (AvgIpc) is 2.54. The SMILES string of the molecule is COC(=O)CN1CCCC(NC(=O)OCc2ccccc2)C1. The average molecular weight is 306 g/mol. The van der Waals surface area contributed by atoms with E-state index in [9.17, 15) is 9.59 Å². The molecule has 1 aromatic carbocycles. The van der Waals surface area contributed by atoms with Crippen molar-refractivity contribution in [2.75, 3.05) is 26.7 Å². The molecule has 1 atom stereocenters. The molecule has 1 unspecified atom stereocenters. The highest BCUT2D eigenvalue weighted by atomic mass is 16.5. The van der Waals surface area contributed by atoms with E-state index >= 15 is 0 Å². The van der Waals surface area contributed by atoms with Crippen LogP contribution in [0.1, 0.15) is 18.4 Å². The smallest absolute Gasteiger partial charge is 0.407 e. The molecule has 120 valence electrons. The van der Waals surface area contributed by atoms with Crippen molar-refractivity contribution in [2.45, 2.75) is 25.5 Å². The van der Waals surface area contributed by atoms with Gasteiger partial charge in [0, 0.05) is 12.6 Å². The molecule has 1 aromatic rings. The summed E-state index contributed by atoms with van der Waals surface area (Å²) in [4.78, 5) is 25.1. The fourth-order valence-corrected chi connectivity index (χ4v) is 2.50. The molecule has 1 saturated heterocycles. The maximum atomic E-state index is 11.8. The Balaban J connectivity index is 1.72. The molecule has 6 heteroatoms. The van der Waals surface area contributed by atoms with E-state index in [0.717, 1.165) is 24.9 Å². The fourth-order valence-electron chi connectivity index (χ4n) is 2.50. The van der Waals surface area contributed by atoms with Crippen LogP contribution < -0.4 is 5.32 Å². The fraction of sp³-hybridized carbons (Fsp3) is 0.500. The van der Waals surface area contributed by atoms with Crippen molar-refractivity contribution in [1.82, 2.24) is 10.2 Å². The molecule has 2 rings (SSSR count). The molecule has 1 amide bonds. The maximum Gasteiger partial charge on any atom is 0.407 e. The standard InChI is InChI=1S/C16H22N2O4/c1-21-15(19)11-18-9-5-8-14(10-18)17-16(20)22-12-13-6-3-2-4-7-13/h2-4,6-7,14H,5,8-12H2,1H3,(H,17,20). The number of piperidine rings is 1. The molecule has 6 nitrogen and oxygen atoms in total. The van der Waals surface area contributed by atoms with E-state index in [-0.39, 0.29) is 25.2 Å². The zero-order valence-corrected chi connectivity index (χ0v) is 12.8. The molecule has 0 saturated carbocycles. The van der Waals surface area contributed by atoms with Crippen molar-refractivity contribution in [2.24, 2.45) is 0 Å². The maximum absolute atomic E-state index is 11.8. The van der Waals surface area contributed by atoms with Gasteiger partial charge in [-0.15, -0.1) is 0 Å². The number of carbonyl (C=O) groups excluding carboxylic acids is 2. The Morgan fingerprint density at radius 1 is 1.32 bits per heavy atom. The molecule has 1 aliphatic rings. The van der Waals surface area contributed by atoms with Crippen LogP contribution in [0.4, 0.5) is 4.79 Å². The van der Waals surface area contributed by atoms with Gasteiger partial charge in [0.2, 0.25) is 0 Å². The third-order valence-electron chi connectivity index (χ3n) is 3.62. The number of nitrogens with one attached hydrogen (secondary N) is 1. The summed E-state index contributed by atoms with van der Waals surface area (Å²) in [5.41, 5.74) is 0.952. The van der Waals surface area contributed by atoms with E-state index < -0.39 is 6.09 Å². The first-order valence-corrected chi connectivity index (χ1v) is 7.44. The second-order valence-electron chi connectivity index (χ2n) is 5.36. The summed E-state index contributed by atoms with van der Waals surface area (Å²) in [6.45, 7) is 1.99. The van der Waals surface area contributed by atoms with Gasteiger partial charge in [-0.05, 0) is 24.9 Å². The number of benzene rings is 1. The van der Waals surface area contributed by atoms with E-state index in [1.807, 2.05) is 35.2 Å². The topological polar surface area (TPSA) is 67.9 Å². The number of hydrogen-bond donors (Lipinski definition) is 1. The first-order chi connectivity index (χ1) is 10.7. The number of amides is 1. The summed E-state index contributed by atoms with van der Waals surface area (Å²) in [5, 5.41) is 2.86. The third-order valence-corrected chi connectivity index (χ3v) is 3.62.